The lowest BCUT2D eigenvalue weighted by Crippen LogP contribution is -2.22. The summed E-state index contributed by atoms with van der Waals surface area (Å²) in [5.74, 6) is 0.931. The number of aryl methyl sites for hydroxylation is 2. The fourth-order valence-electron chi connectivity index (χ4n) is 1.56. The van der Waals surface area contributed by atoms with Crippen LogP contribution in [0.15, 0.2) is 22.1 Å². The van der Waals surface area contributed by atoms with Gasteiger partial charge in [0.15, 0.2) is 5.84 Å². The molecule has 1 aromatic rings. The minimum absolute atomic E-state index is 0.141. The SMILES string of the molecule is Cc1ccc(C)n1C1=NCC(Br)N=C1. The standard InChI is InChI=1S/C10H12BrN3/c1-7-3-4-8(2)14(7)10-6-12-9(11)5-13-10/h3-4,6,9H,5H2,1-2H3. The van der Waals surface area contributed by atoms with E-state index in [9.17, 15) is 0 Å². The van der Waals surface area contributed by atoms with E-state index in [2.05, 4.69) is 56.5 Å². The zero-order valence-corrected chi connectivity index (χ0v) is 9.82. The van der Waals surface area contributed by atoms with Gasteiger partial charge in [0.1, 0.15) is 4.95 Å². The van der Waals surface area contributed by atoms with E-state index in [1.807, 2.05) is 6.21 Å². The number of hydrogen-bond donors (Lipinski definition) is 0. The zero-order valence-electron chi connectivity index (χ0n) is 8.24. The molecule has 0 spiro atoms. The predicted molar refractivity (Wildman–Crippen MR) is 62.8 cm³/mol. The average molecular weight is 254 g/mol. The molecule has 0 saturated heterocycles. The molecule has 2 heterocycles. The summed E-state index contributed by atoms with van der Waals surface area (Å²) in [5.41, 5.74) is 2.39. The largest absolute Gasteiger partial charge is 0.302 e. The highest BCUT2D eigenvalue weighted by Gasteiger charge is 2.11. The summed E-state index contributed by atoms with van der Waals surface area (Å²) >= 11 is 3.40. The van der Waals surface area contributed by atoms with Crippen LogP contribution in [-0.4, -0.2) is 28.1 Å². The van der Waals surface area contributed by atoms with Gasteiger partial charge in [-0.1, -0.05) is 15.9 Å². The first-order valence-corrected chi connectivity index (χ1v) is 5.47. The van der Waals surface area contributed by atoms with E-state index < -0.39 is 0 Å². The van der Waals surface area contributed by atoms with Crippen LogP contribution in [0.1, 0.15) is 11.4 Å². The summed E-state index contributed by atoms with van der Waals surface area (Å²) in [6.07, 6.45) is 1.82. The van der Waals surface area contributed by atoms with Gasteiger partial charge in [-0.15, -0.1) is 0 Å². The Morgan fingerprint density at radius 3 is 2.50 bits per heavy atom. The number of alkyl halides is 1. The summed E-state index contributed by atoms with van der Waals surface area (Å²) in [4.78, 5) is 8.89. The van der Waals surface area contributed by atoms with Gasteiger partial charge in [-0.2, -0.15) is 0 Å². The van der Waals surface area contributed by atoms with Crippen molar-refractivity contribution in [1.82, 2.24) is 4.57 Å². The second kappa shape index (κ2) is 3.69. The monoisotopic (exact) mass is 253 g/mol. The summed E-state index contributed by atoms with van der Waals surface area (Å²) in [5, 5.41) is 0. The Morgan fingerprint density at radius 1 is 1.36 bits per heavy atom. The number of aliphatic imine (C=N–C) groups is 2. The van der Waals surface area contributed by atoms with E-state index in [4.69, 9.17) is 0 Å². The third-order valence-corrected chi connectivity index (χ3v) is 2.78. The summed E-state index contributed by atoms with van der Waals surface area (Å²) in [6, 6.07) is 4.18. The van der Waals surface area contributed by atoms with Crippen LogP contribution < -0.4 is 0 Å². The Labute approximate surface area is 91.7 Å². The van der Waals surface area contributed by atoms with Crippen LogP contribution in [-0.2, 0) is 0 Å². The highest BCUT2D eigenvalue weighted by molar-refractivity contribution is 9.09. The quantitative estimate of drug-likeness (QED) is 0.501. The lowest BCUT2D eigenvalue weighted by Gasteiger charge is -2.13. The molecule has 0 aliphatic carbocycles. The third kappa shape index (κ3) is 1.66. The molecule has 0 amide bonds. The van der Waals surface area contributed by atoms with Crippen molar-refractivity contribution in [2.45, 2.75) is 18.8 Å². The van der Waals surface area contributed by atoms with Crippen molar-refractivity contribution in [1.29, 1.82) is 0 Å². The van der Waals surface area contributed by atoms with Gasteiger partial charge < -0.3 is 4.57 Å². The molecule has 1 aliphatic rings. The van der Waals surface area contributed by atoms with Crippen molar-refractivity contribution in [3.63, 3.8) is 0 Å². The van der Waals surface area contributed by atoms with Gasteiger partial charge in [-0.3, -0.25) is 9.98 Å². The molecule has 0 radical (unpaired) electrons. The van der Waals surface area contributed by atoms with Crippen molar-refractivity contribution >= 4 is 28.0 Å². The third-order valence-electron chi connectivity index (χ3n) is 2.26. The number of halogens is 1. The first kappa shape index (κ1) is 9.65. The minimum atomic E-state index is 0.141. The molecule has 1 unspecified atom stereocenters. The topological polar surface area (TPSA) is 29.6 Å². The number of hydrogen-bond acceptors (Lipinski definition) is 2. The molecule has 2 rings (SSSR count). The maximum absolute atomic E-state index is 4.46. The van der Waals surface area contributed by atoms with Gasteiger partial charge in [-0.05, 0) is 26.0 Å². The molecule has 1 aliphatic heterocycles. The summed E-state index contributed by atoms with van der Waals surface area (Å²) in [6.45, 7) is 4.86. The van der Waals surface area contributed by atoms with E-state index in [0.717, 1.165) is 5.84 Å². The second-order valence-corrected chi connectivity index (χ2v) is 4.42. The fourth-order valence-corrected chi connectivity index (χ4v) is 1.83. The highest BCUT2D eigenvalue weighted by atomic mass is 79.9. The molecule has 0 aromatic carbocycles. The van der Waals surface area contributed by atoms with E-state index in [-0.39, 0.29) is 4.95 Å². The summed E-state index contributed by atoms with van der Waals surface area (Å²) in [7, 11) is 0. The van der Waals surface area contributed by atoms with Crippen LogP contribution in [0.5, 0.6) is 0 Å². The molecule has 74 valence electrons. The summed E-state index contributed by atoms with van der Waals surface area (Å²) < 4.78 is 2.11. The molecule has 0 bridgehead atoms. The maximum Gasteiger partial charge on any atom is 0.150 e. The molecular weight excluding hydrogens is 242 g/mol. The van der Waals surface area contributed by atoms with E-state index >= 15 is 0 Å². The first-order chi connectivity index (χ1) is 6.68. The molecule has 4 heteroatoms. The number of rotatable bonds is 0. The number of aromatic nitrogens is 1. The van der Waals surface area contributed by atoms with Gasteiger partial charge in [-0.25, -0.2) is 0 Å². The normalized spacial score (nSPS) is 21.1. The van der Waals surface area contributed by atoms with Gasteiger partial charge >= 0.3 is 0 Å². The van der Waals surface area contributed by atoms with Crippen LogP contribution in [0.3, 0.4) is 0 Å². The maximum atomic E-state index is 4.46. The number of nitrogens with zero attached hydrogens (tertiary/aromatic N) is 3. The van der Waals surface area contributed by atoms with Crippen LogP contribution >= 0.6 is 15.9 Å². The Kier molecular flexibility index (Phi) is 2.54. The molecule has 1 aromatic heterocycles. The minimum Gasteiger partial charge on any atom is -0.302 e. The molecule has 3 nitrogen and oxygen atoms in total. The Hall–Kier alpha value is -0.900. The Bertz CT molecular complexity index is 384. The van der Waals surface area contributed by atoms with E-state index in [0.29, 0.717) is 6.54 Å². The van der Waals surface area contributed by atoms with Crippen molar-refractivity contribution in [3.8, 4) is 0 Å². The van der Waals surface area contributed by atoms with Crippen molar-refractivity contribution in [2.24, 2.45) is 9.98 Å². The second-order valence-electron chi connectivity index (χ2n) is 3.36. The molecule has 0 N–H and O–H groups in total. The van der Waals surface area contributed by atoms with Gasteiger partial charge in [0.25, 0.3) is 0 Å². The molecule has 0 fully saturated rings. The van der Waals surface area contributed by atoms with Crippen LogP contribution in [0, 0.1) is 13.8 Å². The van der Waals surface area contributed by atoms with Crippen LogP contribution in [0.2, 0.25) is 0 Å². The van der Waals surface area contributed by atoms with Crippen LogP contribution in [0.25, 0.3) is 0 Å². The molecular formula is C10H12BrN3. The van der Waals surface area contributed by atoms with Crippen molar-refractivity contribution < 1.29 is 0 Å². The van der Waals surface area contributed by atoms with Gasteiger partial charge in [0.2, 0.25) is 0 Å². The van der Waals surface area contributed by atoms with Crippen molar-refractivity contribution in [3.05, 3.63) is 23.5 Å². The Balaban J connectivity index is 2.37. The van der Waals surface area contributed by atoms with E-state index in [1.165, 1.54) is 11.4 Å². The molecule has 0 saturated carbocycles. The van der Waals surface area contributed by atoms with Gasteiger partial charge in [0, 0.05) is 11.4 Å². The lowest BCUT2D eigenvalue weighted by molar-refractivity contribution is 0.898. The van der Waals surface area contributed by atoms with Gasteiger partial charge in [0.05, 0.1) is 12.8 Å². The predicted octanol–water partition coefficient (Wildman–Crippen LogP) is 2.16. The smallest absolute Gasteiger partial charge is 0.150 e. The average Bonchev–Trinajstić information content (AvgIpc) is 2.49. The zero-order chi connectivity index (χ0) is 10.1. The van der Waals surface area contributed by atoms with E-state index in [1.54, 1.807) is 0 Å². The van der Waals surface area contributed by atoms with Crippen molar-refractivity contribution in [2.75, 3.05) is 6.54 Å². The highest BCUT2D eigenvalue weighted by Crippen LogP contribution is 2.10. The fraction of sp³-hybridized carbons (Fsp3) is 0.400. The lowest BCUT2D eigenvalue weighted by atomic mass is 10.4. The first-order valence-electron chi connectivity index (χ1n) is 4.55. The Morgan fingerprint density at radius 2 is 2.00 bits per heavy atom. The molecule has 1 atom stereocenters. The van der Waals surface area contributed by atoms with Crippen LogP contribution in [0.4, 0.5) is 0 Å². The molecule has 14 heavy (non-hydrogen) atoms.